The van der Waals surface area contributed by atoms with E-state index in [-0.39, 0.29) is 12.2 Å². The molecule has 6 rings (SSSR count). The minimum Gasteiger partial charge on any atom is -0.372 e. The fraction of sp³-hybridized carbons (Fsp3) is 0.464. The van der Waals surface area contributed by atoms with Crippen molar-refractivity contribution in [1.29, 1.82) is 0 Å². The molecule has 36 heavy (non-hydrogen) atoms. The van der Waals surface area contributed by atoms with Crippen LogP contribution < -0.4 is 15.1 Å². The van der Waals surface area contributed by atoms with E-state index in [0.717, 1.165) is 84.2 Å². The molecule has 0 spiro atoms. The first-order valence-electron chi connectivity index (χ1n) is 13.1. The number of rotatable bonds is 4. The molecule has 1 aromatic carbocycles. The highest BCUT2D eigenvalue weighted by atomic mass is 16.5. The summed E-state index contributed by atoms with van der Waals surface area (Å²) in [5.74, 6) is 2.02. The average molecular weight is 486 g/mol. The van der Waals surface area contributed by atoms with Gasteiger partial charge in [-0.1, -0.05) is 6.07 Å². The highest BCUT2D eigenvalue weighted by molar-refractivity contribution is 5.85. The van der Waals surface area contributed by atoms with Crippen LogP contribution in [0.25, 0.3) is 27.7 Å². The van der Waals surface area contributed by atoms with Crippen molar-refractivity contribution in [2.45, 2.75) is 51.9 Å². The highest BCUT2D eigenvalue weighted by Gasteiger charge is 2.26. The Morgan fingerprint density at radius 1 is 0.889 bits per heavy atom. The van der Waals surface area contributed by atoms with E-state index in [1.807, 2.05) is 12.4 Å². The first-order valence-corrected chi connectivity index (χ1v) is 13.1. The van der Waals surface area contributed by atoms with E-state index in [1.165, 1.54) is 0 Å². The molecule has 0 aliphatic carbocycles. The van der Waals surface area contributed by atoms with Gasteiger partial charge in [0.15, 0.2) is 0 Å². The number of anilines is 2. The number of benzene rings is 1. The zero-order chi connectivity index (χ0) is 24.8. The standard InChI is InChI=1S/C28H35N7O/c1-18-16-34(17-19(2)36-18)28-32-20(3)26-15-30-24-7-5-21(13-25(24)35(26)28)22-6-8-27(31-14-22)33-11-9-23(29-4)10-12-33/h5-8,13-15,18-19,23,29H,9-12,16-17H2,1-4H3/t18-,19+. The summed E-state index contributed by atoms with van der Waals surface area (Å²) in [5, 5.41) is 3.40. The Morgan fingerprint density at radius 3 is 2.33 bits per heavy atom. The summed E-state index contributed by atoms with van der Waals surface area (Å²) in [6.07, 6.45) is 6.58. The topological polar surface area (TPSA) is 70.8 Å². The van der Waals surface area contributed by atoms with Crippen LogP contribution in [0.5, 0.6) is 0 Å². The third-order valence-electron chi connectivity index (χ3n) is 7.63. The fourth-order valence-electron chi connectivity index (χ4n) is 5.73. The molecule has 4 aromatic rings. The second-order valence-corrected chi connectivity index (χ2v) is 10.3. The van der Waals surface area contributed by atoms with Crippen LogP contribution in [0, 0.1) is 6.92 Å². The Labute approximate surface area is 212 Å². The van der Waals surface area contributed by atoms with Crippen molar-refractivity contribution < 1.29 is 4.74 Å². The third-order valence-corrected chi connectivity index (χ3v) is 7.63. The molecule has 2 aliphatic rings. The van der Waals surface area contributed by atoms with E-state index in [1.54, 1.807) is 0 Å². The molecule has 0 unspecified atom stereocenters. The smallest absolute Gasteiger partial charge is 0.211 e. The lowest BCUT2D eigenvalue weighted by atomic mass is 10.0. The molecule has 1 N–H and O–H groups in total. The molecule has 2 aliphatic heterocycles. The number of ether oxygens (including phenoxy) is 1. The SMILES string of the molecule is CNC1CCN(c2ccc(-c3ccc4ncc5c(C)nc(N6C[C@@H](C)O[C@@H](C)C6)n5c4c3)cn2)CC1. The van der Waals surface area contributed by atoms with Crippen molar-refractivity contribution in [1.82, 2.24) is 24.7 Å². The summed E-state index contributed by atoms with van der Waals surface area (Å²) < 4.78 is 8.24. The predicted molar refractivity (Wildman–Crippen MR) is 145 cm³/mol. The summed E-state index contributed by atoms with van der Waals surface area (Å²) >= 11 is 0. The van der Waals surface area contributed by atoms with E-state index >= 15 is 0 Å². The van der Waals surface area contributed by atoms with Gasteiger partial charge in [0.05, 0.1) is 40.6 Å². The van der Waals surface area contributed by atoms with Crippen LogP contribution in [0.3, 0.4) is 0 Å². The summed E-state index contributed by atoms with van der Waals surface area (Å²) in [6, 6.07) is 11.4. The number of hydrogen-bond acceptors (Lipinski definition) is 7. The van der Waals surface area contributed by atoms with Crippen molar-refractivity contribution in [2.75, 3.05) is 43.0 Å². The van der Waals surface area contributed by atoms with Gasteiger partial charge in [0.1, 0.15) is 5.82 Å². The van der Waals surface area contributed by atoms with Crippen molar-refractivity contribution in [3.63, 3.8) is 0 Å². The van der Waals surface area contributed by atoms with E-state index in [4.69, 9.17) is 19.7 Å². The maximum Gasteiger partial charge on any atom is 0.211 e. The van der Waals surface area contributed by atoms with Crippen molar-refractivity contribution in [2.24, 2.45) is 0 Å². The molecule has 8 heteroatoms. The fourth-order valence-corrected chi connectivity index (χ4v) is 5.73. The molecule has 0 saturated carbocycles. The quantitative estimate of drug-likeness (QED) is 0.468. The zero-order valence-electron chi connectivity index (χ0n) is 21.6. The zero-order valence-corrected chi connectivity index (χ0v) is 21.6. The number of piperidine rings is 1. The van der Waals surface area contributed by atoms with Gasteiger partial charge < -0.3 is 19.9 Å². The monoisotopic (exact) mass is 485 g/mol. The van der Waals surface area contributed by atoms with Crippen molar-refractivity contribution >= 4 is 28.3 Å². The molecule has 2 atom stereocenters. The van der Waals surface area contributed by atoms with E-state index in [9.17, 15) is 0 Å². The second kappa shape index (κ2) is 9.33. The highest BCUT2D eigenvalue weighted by Crippen LogP contribution is 2.30. The van der Waals surface area contributed by atoms with Gasteiger partial charge in [0.2, 0.25) is 5.95 Å². The minimum atomic E-state index is 0.165. The van der Waals surface area contributed by atoms with Gasteiger partial charge in [-0.05, 0) is 70.5 Å². The van der Waals surface area contributed by atoms with Gasteiger partial charge in [0, 0.05) is 44.0 Å². The number of aromatic nitrogens is 4. The van der Waals surface area contributed by atoms with Crippen LogP contribution in [0.1, 0.15) is 32.4 Å². The second-order valence-electron chi connectivity index (χ2n) is 10.3. The normalized spacial score (nSPS) is 21.6. The molecule has 0 bridgehead atoms. The van der Waals surface area contributed by atoms with E-state index in [0.29, 0.717) is 6.04 Å². The van der Waals surface area contributed by atoms with E-state index < -0.39 is 0 Å². The molecule has 3 aromatic heterocycles. The maximum absolute atomic E-state index is 5.98. The number of nitrogens with one attached hydrogen (secondary N) is 1. The average Bonchev–Trinajstić information content (AvgIpc) is 3.25. The Morgan fingerprint density at radius 2 is 1.64 bits per heavy atom. The lowest BCUT2D eigenvalue weighted by molar-refractivity contribution is -0.00573. The van der Waals surface area contributed by atoms with Crippen LogP contribution in [0.2, 0.25) is 0 Å². The molecular formula is C28H35N7O. The Bertz CT molecular complexity index is 1360. The molecule has 8 nitrogen and oxygen atoms in total. The summed E-state index contributed by atoms with van der Waals surface area (Å²) in [5.41, 5.74) is 6.28. The number of fused-ring (bicyclic) bond motifs is 3. The van der Waals surface area contributed by atoms with Crippen LogP contribution in [-0.2, 0) is 4.74 Å². The molecular weight excluding hydrogens is 450 g/mol. The molecule has 0 radical (unpaired) electrons. The predicted octanol–water partition coefficient (Wildman–Crippen LogP) is 4.05. The lowest BCUT2D eigenvalue weighted by Gasteiger charge is -2.35. The number of aryl methyl sites for hydroxylation is 1. The minimum absolute atomic E-state index is 0.165. The van der Waals surface area contributed by atoms with Crippen molar-refractivity contribution in [3.8, 4) is 11.1 Å². The number of pyridine rings is 1. The van der Waals surface area contributed by atoms with E-state index in [2.05, 4.69) is 77.7 Å². The Kier molecular flexibility index (Phi) is 6.01. The van der Waals surface area contributed by atoms with Gasteiger partial charge >= 0.3 is 0 Å². The van der Waals surface area contributed by atoms with Gasteiger partial charge in [-0.2, -0.15) is 0 Å². The van der Waals surface area contributed by atoms with Crippen molar-refractivity contribution in [3.05, 3.63) is 48.4 Å². The number of hydrogen-bond donors (Lipinski definition) is 1. The number of morpholine rings is 1. The molecule has 2 fully saturated rings. The molecule has 2 saturated heterocycles. The molecule has 188 valence electrons. The van der Waals surface area contributed by atoms with Gasteiger partial charge in [-0.25, -0.2) is 9.97 Å². The third kappa shape index (κ3) is 4.18. The van der Waals surface area contributed by atoms with Crippen LogP contribution in [-0.4, -0.2) is 70.8 Å². The summed E-state index contributed by atoms with van der Waals surface area (Å²) in [7, 11) is 2.05. The first kappa shape index (κ1) is 23.2. The summed E-state index contributed by atoms with van der Waals surface area (Å²) in [4.78, 5) is 19.3. The lowest BCUT2D eigenvalue weighted by Crippen LogP contribution is -2.46. The van der Waals surface area contributed by atoms with Gasteiger partial charge in [0.25, 0.3) is 0 Å². The van der Waals surface area contributed by atoms with Gasteiger partial charge in [-0.15, -0.1) is 0 Å². The molecule has 5 heterocycles. The Balaban J connectivity index is 1.36. The summed E-state index contributed by atoms with van der Waals surface area (Å²) in [6.45, 7) is 10.0. The maximum atomic E-state index is 5.98. The van der Waals surface area contributed by atoms with Crippen LogP contribution in [0.4, 0.5) is 11.8 Å². The van der Waals surface area contributed by atoms with Gasteiger partial charge in [-0.3, -0.25) is 9.38 Å². The number of nitrogens with zero attached hydrogens (tertiary/aromatic N) is 6. The largest absolute Gasteiger partial charge is 0.372 e. The number of imidazole rings is 1. The van der Waals surface area contributed by atoms with Crippen LogP contribution in [0.15, 0.2) is 42.7 Å². The molecule has 0 amide bonds. The first-order chi connectivity index (χ1) is 17.5. The Hall–Kier alpha value is -3.23. The van der Waals surface area contributed by atoms with Crippen LogP contribution >= 0.6 is 0 Å².